The van der Waals surface area contributed by atoms with Gasteiger partial charge < -0.3 is 9.40 Å². The Kier molecular flexibility index (Phi) is 12.3. The summed E-state index contributed by atoms with van der Waals surface area (Å²) in [5.74, 6) is 8.63. The van der Waals surface area contributed by atoms with Crippen LogP contribution in [0.3, 0.4) is 0 Å². The molecule has 5 heteroatoms. The molecular formula is C45H52GeIrN2O-2. The zero-order valence-corrected chi connectivity index (χ0v) is 35.6. The molecule has 3 heterocycles. The van der Waals surface area contributed by atoms with Gasteiger partial charge in [-0.3, -0.25) is 0 Å². The fourth-order valence-electron chi connectivity index (χ4n) is 7.34. The molecule has 50 heavy (non-hydrogen) atoms. The predicted octanol–water partition coefficient (Wildman–Crippen LogP) is 12.0. The van der Waals surface area contributed by atoms with Gasteiger partial charge in [0.1, 0.15) is 5.58 Å². The van der Waals surface area contributed by atoms with Crippen molar-refractivity contribution in [1.29, 1.82) is 0 Å². The summed E-state index contributed by atoms with van der Waals surface area (Å²) in [4.78, 5) is 9.56. The van der Waals surface area contributed by atoms with Crippen LogP contribution >= 0.6 is 0 Å². The Morgan fingerprint density at radius 1 is 0.820 bits per heavy atom. The molecule has 7 rings (SSSR count). The van der Waals surface area contributed by atoms with Crippen LogP contribution in [-0.4, -0.2) is 23.2 Å². The zero-order valence-electron chi connectivity index (χ0n) is 31.1. The second-order valence-corrected chi connectivity index (χ2v) is 27.0. The van der Waals surface area contributed by atoms with Crippen molar-refractivity contribution in [3.05, 3.63) is 114 Å². The molecule has 6 aromatic rings. The monoisotopic (exact) mass is 903 g/mol. The van der Waals surface area contributed by atoms with Gasteiger partial charge in [-0.2, -0.15) is 0 Å². The third-order valence-electron chi connectivity index (χ3n) is 9.73. The van der Waals surface area contributed by atoms with Crippen LogP contribution in [0.2, 0.25) is 17.3 Å². The fraction of sp³-hybridized carbons (Fsp3) is 0.378. The molecule has 3 nitrogen and oxygen atoms in total. The second-order valence-electron chi connectivity index (χ2n) is 16.5. The van der Waals surface area contributed by atoms with Crippen molar-refractivity contribution in [1.82, 2.24) is 9.97 Å². The quantitative estimate of drug-likeness (QED) is 0.118. The summed E-state index contributed by atoms with van der Waals surface area (Å²) in [5, 5.41) is 2.29. The van der Waals surface area contributed by atoms with E-state index in [2.05, 4.69) is 113 Å². The van der Waals surface area contributed by atoms with Crippen LogP contribution in [0.1, 0.15) is 82.9 Å². The summed E-state index contributed by atoms with van der Waals surface area (Å²) >= 11 is -1.90. The van der Waals surface area contributed by atoms with Crippen molar-refractivity contribution >= 4 is 39.6 Å². The SMILES string of the molecule is CC(C)(C)Cc1cc(-c2[c-]cccc2)nc[c]1[Ge]([CH3])([CH3])[CH3].CC(C)c1cnc(-c2[c-]ccc3c2oc2ccccc23)cc1CC1CCCC1.[Ir]. The smallest absolute Gasteiger partial charge is 0.120 e. The minimum Gasteiger partial charge on any atom is -0.501 e. The van der Waals surface area contributed by atoms with E-state index in [4.69, 9.17) is 14.4 Å². The van der Waals surface area contributed by atoms with E-state index in [1.165, 1.54) is 53.2 Å². The molecule has 3 aromatic heterocycles. The van der Waals surface area contributed by atoms with Gasteiger partial charge in [0.2, 0.25) is 0 Å². The van der Waals surface area contributed by atoms with Gasteiger partial charge in [0.05, 0.1) is 5.58 Å². The maximum Gasteiger partial charge on any atom is 0.120 e. The van der Waals surface area contributed by atoms with Gasteiger partial charge in [-0.25, -0.2) is 0 Å². The fourth-order valence-corrected chi connectivity index (χ4v) is 10.6. The van der Waals surface area contributed by atoms with Gasteiger partial charge in [0, 0.05) is 31.7 Å². The zero-order chi connectivity index (χ0) is 34.8. The second kappa shape index (κ2) is 16.1. The van der Waals surface area contributed by atoms with E-state index in [9.17, 15) is 0 Å². The van der Waals surface area contributed by atoms with E-state index >= 15 is 0 Å². The number of para-hydroxylation sites is 1. The summed E-state index contributed by atoms with van der Waals surface area (Å²) in [7, 11) is 0. The Morgan fingerprint density at radius 2 is 1.52 bits per heavy atom. The Bertz CT molecular complexity index is 2030. The van der Waals surface area contributed by atoms with Crippen LogP contribution in [0.25, 0.3) is 44.5 Å². The van der Waals surface area contributed by atoms with Gasteiger partial charge in [-0.1, -0.05) is 74.7 Å². The number of hydrogen-bond acceptors (Lipinski definition) is 3. The third kappa shape index (κ3) is 9.05. The molecule has 0 spiro atoms. The molecular weight excluding hydrogens is 849 g/mol. The molecule has 0 bridgehead atoms. The number of rotatable bonds is 7. The van der Waals surface area contributed by atoms with Crippen molar-refractivity contribution in [3.8, 4) is 22.5 Å². The normalized spacial score (nSPS) is 13.8. The predicted molar refractivity (Wildman–Crippen MR) is 210 cm³/mol. The van der Waals surface area contributed by atoms with E-state index in [1.54, 1.807) is 0 Å². The van der Waals surface area contributed by atoms with Crippen LogP contribution in [-0.2, 0) is 32.9 Å². The van der Waals surface area contributed by atoms with Crippen molar-refractivity contribution in [2.24, 2.45) is 11.3 Å². The standard InChI is InChI=1S/C26H26NO.C19H26GeN.Ir/c1-17(2)23-16-27-24(15-19(23)14-18-8-3-4-9-18)22-12-7-11-21-20-10-5-6-13-25(20)28-26(21)22;1-19(2,3)13-16-12-18(15-10-8-7-9-11-15)21-14-17(16)20(4,5)6;/h5-7,10-11,13,15-18H,3-4,8-9,14H2,1-2H3;7-10,12,14H,13H2,1-6H3;/q2*-1;. The Morgan fingerprint density at radius 3 is 2.20 bits per heavy atom. The van der Waals surface area contributed by atoms with Gasteiger partial charge in [-0.15, -0.1) is 18.2 Å². The topological polar surface area (TPSA) is 38.9 Å². The molecule has 1 radical (unpaired) electrons. The van der Waals surface area contributed by atoms with Crippen LogP contribution in [0.5, 0.6) is 0 Å². The number of furan rings is 1. The van der Waals surface area contributed by atoms with Gasteiger partial charge in [0.25, 0.3) is 0 Å². The number of aromatic nitrogens is 2. The number of nitrogens with zero attached hydrogens (tertiary/aromatic N) is 2. The maximum atomic E-state index is 6.22. The van der Waals surface area contributed by atoms with Crippen molar-refractivity contribution < 1.29 is 24.5 Å². The van der Waals surface area contributed by atoms with Crippen molar-refractivity contribution in [2.45, 2.75) is 96.3 Å². The van der Waals surface area contributed by atoms with Crippen LogP contribution in [0, 0.1) is 23.5 Å². The minimum absolute atomic E-state index is 0. The van der Waals surface area contributed by atoms with E-state index < -0.39 is 13.3 Å². The first kappa shape index (κ1) is 38.2. The molecule has 0 unspecified atom stereocenters. The first-order chi connectivity index (χ1) is 23.4. The number of pyridine rings is 2. The molecule has 1 fully saturated rings. The van der Waals surface area contributed by atoms with Crippen LogP contribution in [0.4, 0.5) is 0 Å². The first-order valence-electron chi connectivity index (χ1n) is 18.1. The average molecular weight is 902 g/mol. The van der Waals surface area contributed by atoms with Gasteiger partial charge >= 0.3 is 132 Å². The molecule has 3 aromatic carbocycles. The Labute approximate surface area is 316 Å². The minimum atomic E-state index is -1.90. The van der Waals surface area contributed by atoms with Crippen molar-refractivity contribution in [2.75, 3.05) is 0 Å². The molecule has 0 N–H and O–H groups in total. The molecule has 0 atom stereocenters. The van der Waals surface area contributed by atoms with E-state index in [-0.39, 0.29) is 20.1 Å². The number of hydrogen-bond donors (Lipinski definition) is 0. The maximum absolute atomic E-state index is 6.22. The number of fused-ring (bicyclic) bond motifs is 3. The van der Waals surface area contributed by atoms with Crippen LogP contribution in [0.15, 0.2) is 89.6 Å². The van der Waals surface area contributed by atoms with Gasteiger partial charge in [-0.05, 0) is 41.1 Å². The average Bonchev–Trinajstić information content (AvgIpc) is 3.72. The van der Waals surface area contributed by atoms with Crippen molar-refractivity contribution in [3.63, 3.8) is 0 Å². The molecule has 263 valence electrons. The summed E-state index contributed by atoms with van der Waals surface area (Å²) in [6.45, 7) is 11.4. The summed E-state index contributed by atoms with van der Waals surface area (Å²) in [6.07, 6.45) is 12.0. The third-order valence-corrected chi connectivity index (χ3v) is 14.1. The van der Waals surface area contributed by atoms with Crippen LogP contribution < -0.4 is 4.40 Å². The van der Waals surface area contributed by atoms with E-state index in [0.717, 1.165) is 56.8 Å². The van der Waals surface area contributed by atoms with E-state index in [0.29, 0.717) is 11.3 Å². The summed E-state index contributed by atoms with van der Waals surface area (Å²) in [6, 6.07) is 31.7. The number of benzene rings is 3. The molecule has 1 aliphatic rings. The summed E-state index contributed by atoms with van der Waals surface area (Å²) in [5.41, 5.74) is 10.5. The van der Waals surface area contributed by atoms with E-state index in [1.807, 2.05) is 36.4 Å². The summed E-state index contributed by atoms with van der Waals surface area (Å²) < 4.78 is 7.75. The Hall–Kier alpha value is -3.05. The largest absolute Gasteiger partial charge is 0.501 e. The molecule has 0 saturated heterocycles. The Balaban J connectivity index is 0.000000199. The molecule has 0 amide bonds. The van der Waals surface area contributed by atoms with Gasteiger partial charge in [0.15, 0.2) is 0 Å². The molecule has 1 saturated carbocycles. The first-order valence-corrected chi connectivity index (χ1v) is 25.5. The molecule has 0 aliphatic heterocycles. The molecule has 1 aliphatic carbocycles.